The van der Waals surface area contributed by atoms with Crippen molar-refractivity contribution >= 4 is 46.2 Å². The third-order valence-corrected chi connectivity index (χ3v) is 6.25. The number of nitrogens with zero attached hydrogens (tertiary/aromatic N) is 2. The molecule has 5 nitrogen and oxygen atoms in total. The number of rotatable bonds is 7. The van der Waals surface area contributed by atoms with E-state index in [2.05, 4.69) is 28.7 Å². The lowest BCUT2D eigenvalue weighted by atomic mass is 9.98. The Morgan fingerprint density at radius 1 is 0.865 bits per heavy atom. The number of ether oxygens (including phenoxy) is 1. The van der Waals surface area contributed by atoms with Crippen molar-refractivity contribution in [1.29, 1.82) is 0 Å². The minimum atomic E-state index is -0.380. The Balaban J connectivity index is 1.29. The number of hydrogen-bond acceptors (Lipinski definition) is 4. The van der Waals surface area contributed by atoms with Crippen LogP contribution >= 0.6 is 23.2 Å². The molecule has 5 rings (SSSR count). The van der Waals surface area contributed by atoms with Crippen molar-refractivity contribution in [1.82, 2.24) is 10.4 Å². The van der Waals surface area contributed by atoms with Gasteiger partial charge in [0.05, 0.1) is 17.4 Å². The van der Waals surface area contributed by atoms with Gasteiger partial charge in [0.2, 0.25) is 0 Å². The molecule has 0 saturated carbocycles. The first-order valence-electron chi connectivity index (χ1n) is 11.5. The quantitative estimate of drug-likeness (QED) is 0.178. The lowest BCUT2D eigenvalue weighted by Crippen LogP contribution is -2.24. The highest BCUT2D eigenvalue weighted by Crippen LogP contribution is 2.33. The van der Waals surface area contributed by atoms with E-state index in [0.717, 1.165) is 33.3 Å². The van der Waals surface area contributed by atoms with E-state index in [4.69, 9.17) is 32.9 Å². The normalized spacial score (nSPS) is 11.1. The number of nitrogens with one attached hydrogen (secondary N) is 1. The Morgan fingerprint density at radius 2 is 1.62 bits per heavy atom. The number of pyridine rings is 1. The maximum atomic E-state index is 12.1. The van der Waals surface area contributed by atoms with Crippen LogP contribution in [0.4, 0.5) is 0 Å². The van der Waals surface area contributed by atoms with Gasteiger partial charge in [0.15, 0.2) is 6.61 Å². The summed E-state index contributed by atoms with van der Waals surface area (Å²) in [7, 11) is 0. The van der Waals surface area contributed by atoms with E-state index in [9.17, 15) is 4.79 Å². The molecule has 1 aromatic heterocycles. The molecule has 0 aliphatic rings. The van der Waals surface area contributed by atoms with Gasteiger partial charge in [-0.15, -0.1) is 0 Å². The minimum Gasteiger partial charge on any atom is -0.484 e. The second-order valence-corrected chi connectivity index (χ2v) is 9.05. The van der Waals surface area contributed by atoms with Gasteiger partial charge in [0.1, 0.15) is 5.75 Å². The van der Waals surface area contributed by atoms with Gasteiger partial charge in [-0.1, -0.05) is 71.7 Å². The first-order chi connectivity index (χ1) is 18.1. The number of benzene rings is 4. The summed E-state index contributed by atoms with van der Waals surface area (Å²) in [4.78, 5) is 17.0. The maximum Gasteiger partial charge on any atom is 0.277 e. The van der Waals surface area contributed by atoms with Crippen LogP contribution in [0.25, 0.3) is 33.3 Å². The van der Waals surface area contributed by atoms with Crippen molar-refractivity contribution in [2.45, 2.75) is 0 Å². The zero-order valence-electron chi connectivity index (χ0n) is 19.6. The topological polar surface area (TPSA) is 63.6 Å². The molecule has 1 heterocycles. The van der Waals surface area contributed by atoms with E-state index in [-0.39, 0.29) is 12.5 Å². The van der Waals surface area contributed by atoms with Crippen LogP contribution in [-0.2, 0) is 4.79 Å². The Bertz CT molecular complexity index is 1590. The van der Waals surface area contributed by atoms with Gasteiger partial charge >= 0.3 is 0 Å². The molecule has 37 heavy (non-hydrogen) atoms. The average molecular weight is 526 g/mol. The van der Waals surface area contributed by atoms with Crippen LogP contribution in [0, 0.1) is 0 Å². The molecule has 0 unspecified atom stereocenters. The SMILES string of the molecule is O=C(COc1ccc(-c2cc(-c3ccccc3)c3cc(Cl)ccc3n2)cc1)NN=Cc1ccccc1Cl. The Kier molecular flexibility index (Phi) is 7.45. The van der Waals surface area contributed by atoms with Gasteiger partial charge in [0.25, 0.3) is 5.91 Å². The zero-order chi connectivity index (χ0) is 25.6. The van der Waals surface area contributed by atoms with E-state index in [1.54, 1.807) is 12.1 Å². The number of amides is 1. The number of aromatic nitrogens is 1. The molecule has 0 atom stereocenters. The molecule has 0 fully saturated rings. The van der Waals surface area contributed by atoms with Crippen molar-refractivity contribution in [3.63, 3.8) is 0 Å². The van der Waals surface area contributed by atoms with Crippen LogP contribution in [0.5, 0.6) is 5.75 Å². The molecule has 5 aromatic rings. The van der Waals surface area contributed by atoms with Gasteiger partial charge < -0.3 is 4.74 Å². The summed E-state index contributed by atoms with van der Waals surface area (Å²) >= 11 is 12.4. The number of hydrogen-bond donors (Lipinski definition) is 1. The molecule has 0 saturated heterocycles. The minimum absolute atomic E-state index is 0.174. The second kappa shape index (κ2) is 11.2. The van der Waals surface area contributed by atoms with Crippen LogP contribution in [0.2, 0.25) is 10.0 Å². The summed E-state index contributed by atoms with van der Waals surface area (Å²) in [6.07, 6.45) is 1.49. The van der Waals surface area contributed by atoms with E-state index in [1.807, 2.05) is 72.8 Å². The molecule has 7 heteroatoms. The van der Waals surface area contributed by atoms with Gasteiger partial charge in [-0.05, 0) is 65.7 Å². The molecular weight excluding hydrogens is 505 g/mol. The summed E-state index contributed by atoms with van der Waals surface area (Å²) in [5.74, 6) is 0.180. The third kappa shape index (κ3) is 5.97. The molecule has 0 radical (unpaired) electrons. The smallest absolute Gasteiger partial charge is 0.277 e. The first kappa shape index (κ1) is 24.5. The highest BCUT2D eigenvalue weighted by molar-refractivity contribution is 6.33. The van der Waals surface area contributed by atoms with E-state index in [1.165, 1.54) is 6.21 Å². The fraction of sp³-hybridized carbons (Fsp3) is 0.0333. The lowest BCUT2D eigenvalue weighted by Gasteiger charge is -2.11. The fourth-order valence-corrected chi connectivity index (χ4v) is 4.22. The average Bonchev–Trinajstić information content (AvgIpc) is 2.93. The number of halogens is 2. The van der Waals surface area contributed by atoms with Crippen molar-refractivity contribution in [2.24, 2.45) is 5.10 Å². The fourth-order valence-electron chi connectivity index (χ4n) is 3.86. The molecule has 1 amide bonds. The van der Waals surface area contributed by atoms with Gasteiger partial charge in [-0.2, -0.15) is 5.10 Å². The Morgan fingerprint density at radius 3 is 2.41 bits per heavy atom. The van der Waals surface area contributed by atoms with Crippen molar-refractivity contribution in [3.05, 3.63) is 119 Å². The number of fused-ring (bicyclic) bond motifs is 1. The molecule has 0 aliphatic carbocycles. The highest BCUT2D eigenvalue weighted by Gasteiger charge is 2.11. The Hall–Kier alpha value is -4.19. The third-order valence-electron chi connectivity index (χ3n) is 5.67. The molecule has 0 spiro atoms. The van der Waals surface area contributed by atoms with Crippen molar-refractivity contribution in [2.75, 3.05) is 6.61 Å². The molecular formula is C30H21Cl2N3O2. The van der Waals surface area contributed by atoms with Crippen LogP contribution < -0.4 is 10.2 Å². The zero-order valence-corrected chi connectivity index (χ0v) is 21.1. The number of carbonyl (C=O) groups is 1. The summed E-state index contributed by atoms with van der Waals surface area (Å²) < 4.78 is 5.61. The molecule has 1 N–H and O–H groups in total. The van der Waals surface area contributed by atoms with Crippen molar-refractivity contribution < 1.29 is 9.53 Å². The largest absolute Gasteiger partial charge is 0.484 e. The first-order valence-corrected chi connectivity index (χ1v) is 12.3. The van der Waals surface area contributed by atoms with Gasteiger partial charge in [-0.25, -0.2) is 10.4 Å². The predicted octanol–water partition coefficient (Wildman–Crippen LogP) is 7.40. The van der Waals surface area contributed by atoms with Gasteiger partial charge in [0, 0.05) is 26.6 Å². The van der Waals surface area contributed by atoms with E-state index >= 15 is 0 Å². The van der Waals surface area contributed by atoms with Crippen molar-refractivity contribution in [3.8, 4) is 28.1 Å². The van der Waals surface area contributed by atoms with Crippen LogP contribution in [-0.4, -0.2) is 23.7 Å². The lowest BCUT2D eigenvalue weighted by molar-refractivity contribution is -0.123. The van der Waals surface area contributed by atoms with Crippen LogP contribution in [0.15, 0.2) is 108 Å². The van der Waals surface area contributed by atoms with E-state index < -0.39 is 0 Å². The maximum absolute atomic E-state index is 12.1. The van der Waals surface area contributed by atoms with Gasteiger partial charge in [-0.3, -0.25) is 4.79 Å². The summed E-state index contributed by atoms with van der Waals surface area (Å²) in [6, 6.07) is 32.6. The monoisotopic (exact) mass is 525 g/mol. The number of hydrazone groups is 1. The number of carbonyl (C=O) groups excluding carboxylic acids is 1. The molecule has 4 aromatic carbocycles. The van der Waals surface area contributed by atoms with Crippen LogP contribution in [0.3, 0.4) is 0 Å². The van der Waals surface area contributed by atoms with E-state index in [0.29, 0.717) is 21.4 Å². The summed E-state index contributed by atoms with van der Waals surface area (Å²) in [6.45, 7) is -0.174. The summed E-state index contributed by atoms with van der Waals surface area (Å²) in [5, 5.41) is 6.14. The highest BCUT2D eigenvalue weighted by atomic mass is 35.5. The molecule has 182 valence electrons. The van der Waals surface area contributed by atoms with Crippen LogP contribution in [0.1, 0.15) is 5.56 Å². The predicted molar refractivity (Wildman–Crippen MR) is 150 cm³/mol. The summed E-state index contributed by atoms with van der Waals surface area (Å²) in [5.41, 5.74) is 7.89. The standard InChI is InChI=1S/C30H21Cl2N3O2/c31-23-12-15-28-26(16-23)25(20-6-2-1-3-7-20)17-29(34-28)21-10-13-24(14-11-21)37-19-30(36)35-33-18-22-8-4-5-9-27(22)32/h1-18H,19H2,(H,35,36). The molecule has 0 bridgehead atoms. The second-order valence-electron chi connectivity index (χ2n) is 8.21. The Labute approximate surface area is 224 Å². The molecule has 0 aliphatic heterocycles.